The average Bonchev–Trinajstić information content (AvgIpc) is 2.86. The highest BCUT2D eigenvalue weighted by Gasteiger charge is 2.34. The Labute approximate surface area is 222 Å². The van der Waals surface area contributed by atoms with Crippen LogP contribution < -0.4 is 20.9 Å². The van der Waals surface area contributed by atoms with Gasteiger partial charge in [0, 0.05) is 36.5 Å². The summed E-state index contributed by atoms with van der Waals surface area (Å²) in [7, 11) is 0. The molecular formula is C27H35N5O6. The van der Waals surface area contributed by atoms with Crippen LogP contribution in [0.3, 0.4) is 0 Å². The van der Waals surface area contributed by atoms with E-state index in [1.165, 1.54) is 30.6 Å². The summed E-state index contributed by atoms with van der Waals surface area (Å²) in [5.41, 5.74) is 4.65. The van der Waals surface area contributed by atoms with Gasteiger partial charge in [-0.15, -0.1) is 0 Å². The van der Waals surface area contributed by atoms with E-state index < -0.39 is 29.6 Å². The quantitative estimate of drug-likeness (QED) is 0.510. The van der Waals surface area contributed by atoms with Crippen molar-refractivity contribution in [1.29, 1.82) is 0 Å². The Morgan fingerprint density at radius 1 is 1.11 bits per heavy atom. The van der Waals surface area contributed by atoms with E-state index >= 15 is 0 Å². The van der Waals surface area contributed by atoms with Gasteiger partial charge in [-0.25, -0.2) is 4.79 Å². The number of fused-ring (bicyclic) bond motifs is 1. The van der Waals surface area contributed by atoms with Crippen LogP contribution >= 0.6 is 0 Å². The fraction of sp³-hybridized carbons (Fsp3) is 0.444. The van der Waals surface area contributed by atoms with Crippen LogP contribution in [0.1, 0.15) is 72.6 Å². The van der Waals surface area contributed by atoms with Gasteiger partial charge in [-0.3, -0.25) is 30.2 Å². The SMILES string of the molecule is CC(C)N1C[C@H](C)C(CNC(=O)OC(C)(C)C)Oc2c(C(=O)NNC(=O)c3ccncc3)cccc2C1=O. The molecule has 0 spiro atoms. The van der Waals surface area contributed by atoms with E-state index in [1.807, 2.05) is 20.8 Å². The minimum absolute atomic E-state index is 0.0611. The molecule has 1 aliphatic rings. The molecule has 0 fully saturated rings. The lowest BCUT2D eigenvalue weighted by molar-refractivity contribution is 0.0399. The predicted molar refractivity (Wildman–Crippen MR) is 140 cm³/mol. The van der Waals surface area contributed by atoms with Crippen LogP contribution in [0.15, 0.2) is 42.7 Å². The average molecular weight is 526 g/mol. The summed E-state index contributed by atoms with van der Waals surface area (Å²) in [6.07, 6.45) is 1.74. The highest BCUT2D eigenvalue weighted by Crippen LogP contribution is 2.31. The number of hydrogen-bond donors (Lipinski definition) is 3. The van der Waals surface area contributed by atoms with Crippen LogP contribution in [0.4, 0.5) is 4.79 Å². The molecule has 11 nitrogen and oxygen atoms in total. The van der Waals surface area contributed by atoms with Crippen molar-refractivity contribution >= 4 is 23.8 Å². The number of amides is 4. The first-order chi connectivity index (χ1) is 17.9. The molecule has 3 N–H and O–H groups in total. The third kappa shape index (κ3) is 7.21. The zero-order valence-corrected chi connectivity index (χ0v) is 22.5. The van der Waals surface area contributed by atoms with Gasteiger partial charge in [0.05, 0.1) is 17.7 Å². The topological polar surface area (TPSA) is 139 Å². The number of hydrogen-bond acceptors (Lipinski definition) is 7. The molecular weight excluding hydrogens is 490 g/mol. The summed E-state index contributed by atoms with van der Waals surface area (Å²) in [6, 6.07) is 7.57. The van der Waals surface area contributed by atoms with Crippen molar-refractivity contribution < 1.29 is 28.7 Å². The van der Waals surface area contributed by atoms with Crippen LogP contribution in [-0.4, -0.2) is 64.5 Å². The Morgan fingerprint density at radius 3 is 2.39 bits per heavy atom. The van der Waals surface area contributed by atoms with E-state index in [0.717, 1.165) is 0 Å². The van der Waals surface area contributed by atoms with Crippen molar-refractivity contribution in [3.8, 4) is 5.75 Å². The molecule has 38 heavy (non-hydrogen) atoms. The normalized spacial score (nSPS) is 17.4. The molecule has 2 aromatic rings. The van der Waals surface area contributed by atoms with Gasteiger partial charge in [0.1, 0.15) is 17.5 Å². The smallest absolute Gasteiger partial charge is 0.407 e. The molecule has 3 rings (SSSR count). The number of alkyl carbamates (subject to hydrolysis) is 1. The van der Waals surface area contributed by atoms with E-state index in [1.54, 1.807) is 37.8 Å². The zero-order valence-electron chi connectivity index (χ0n) is 22.5. The zero-order chi connectivity index (χ0) is 28.0. The van der Waals surface area contributed by atoms with E-state index in [-0.39, 0.29) is 41.3 Å². The molecule has 4 amide bonds. The number of rotatable bonds is 5. The summed E-state index contributed by atoms with van der Waals surface area (Å²) in [5, 5.41) is 2.73. The van der Waals surface area contributed by atoms with Crippen LogP contribution in [0, 0.1) is 5.92 Å². The van der Waals surface area contributed by atoms with Crippen LogP contribution in [-0.2, 0) is 4.74 Å². The van der Waals surface area contributed by atoms with E-state index in [2.05, 4.69) is 21.2 Å². The van der Waals surface area contributed by atoms with Crippen molar-refractivity contribution in [2.45, 2.75) is 59.3 Å². The number of para-hydroxylation sites is 1. The first-order valence-electron chi connectivity index (χ1n) is 12.5. The van der Waals surface area contributed by atoms with Crippen LogP contribution in [0.2, 0.25) is 0 Å². The molecule has 11 heteroatoms. The minimum atomic E-state index is -0.670. The van der Waals surface area contributed by atoms with Gasteiger partial charge >= 0.3 is 6.09 Å². The largest absolute Gasteiger partial charge is 0.487 e. The molecule has 1 aromatic carbocycles. The number of nitrogens with zero attached hydrogens (tertiary/aromatic N) is 2. The lowest BCUT2D eigenvalue weighted by atomic mass is 9.98. The van der Waals surface area contributed by atoms with E-state index in [9.17, 15) is 19.2 Å². The van der Waals surface area contributed by atoms with E-state index in [4.69, 9.17) is 9.47 Å². The van der Waals surface area contributed by atoms with Gasteiger partial charge in [0.2, 0.25) is 0 Å². The van der Waals surface area contributed by atoms with Crippen LogP contribution in [0.5, 0.6) is 5.75 Å². The lowest BCUT2D eigenvalue weighted by Crippen LogP contribution is -2.49. The highest BCUT2D eigenvalue weighted by molar-refractivity contribution is 6.05. The number of hydrazine groups is 1. The van der Waals surface area contributed by atoms with Gasteiger partial charge in [0.25, 0.3) is 17.7 Å². The highest BCUT2D eigenvalue weighted by atomic mass is 16.6. The number of carbonyl (C=O) groups excluding carboxylic acids is 4. The summed E-state index contributed by atoms with van der Waals surface area (Å²) in [6.45, 7) is 11.5. The number of carbonyl (C=O) groups is 4. The van der Waals surface area contributed by atoms with Crippen molar-refractivity contribution in [1.82, 2.24) is 26.1 Å². The third-order valence-electron chi connectivity index (χ3n) is 5.84. The second-order valence-electron chi connectivity index (χ2n) is 10.4. The maximum absolute atomic E-state index is 13.5. The van der Waals surface area contributed by atoms with Gasteiger partial charge in [0.15, 0.2) is 0 Å². The second-order valence-corrected chi connectivity index (χ2v) is 10.4. The van der Waals surface area contributed by atoms with Crippen molar-refractivity contribution in [3.05, 3.63) is 59.4 Å². The maximum atomic E-state index is 13.5. The molecule has 1 aromatic heterocycles. The van der Waals surface area contributed by atoms with Crippen molar-refractivity contribution in [2.24, 2.45) is 5.92 Å². The molecule has 0 saturated heterocycles. The standard InChI is InChI=1S/C27H35N5O6/c1-16(2)32-15-17(3)21(14-29-26(36)38-27(4,5)6)37-22-19(8-7-9-20(22)25(32)35)24(34)31-30-23(33)18-10-12-28-13-11-18/h7-13,16-17,21H,14-15H2,1-6H3,(H,29,36)(H,30,33)(H,31,34)/t17-,21?/m0/s1. The fourth-order valence-electron chi connectivity index (χ4n) is 3.89. The Bertz CT molecular complexity index is 1180. The number of pyridine rings is 1. The fourth-order valence-corrected chi connectivity index (χ4v) is 3.89. The first-order valence-corrected chi connectivity index (χ1v) is 12.5. The summed E-state index contributed by atoms with van der Waals surface area (Å²) >= 11 is 0. The Hall–Kier alpha value is -4.15. The summed E-state index contributed by atoms with van der Waals surface area (Å²) in [5.74, 6) is -1.61. The molecule has 0 radical (unpaired) electrons. The van der Waals surface area contributed by atoms with Crippen LogP contribution in [0.25, 0.3) is 0 Å². The molecule has 2 atom stereocenters. The van der Waals surface area contributed by atoms with Gasteiger partial charge in [-0.2, -0.15) is 0 Å². The van der Waals surface area contributed by atoms with Gasteiger partial charge < -0.3 is 19.7 Å². The summed E-state index contributed by atoms with van der Waals surface area (Å²) in [4.78, 5) is 56.9. The number of benzene rings is 1. The first kappa shape index (κ1) is 28.4. The molecule has 0 saturated carbocycles. The minimum Gasteiger partial charge on any atom is -0.487 e. The van der Waals surface area contributed by atoms with Gasteiger partial charge in [-0.1, -0.05) is 13.0 Å². The Kier molecular flexibility index (Phi) is 8.92. The predicted octanol–water partition coefficient (Wildman–Crippen LogP) is 2.93. The number of nitrogens with one attached hydrogen (secondary N) is 3. The lowest BCUT2D eigenvalue weighted by Gasteiger charge is -2.37. The molecule has 204 valence electrons. The van der Waals surface area contributed by atoms with Crippen molar-refractivity contribution in [3.63, 3.8) is 0 Å². The molecule has 2 heterocycles. The van der Waals surface area contributed by atoms with Crippen molar-refractivity contribution in [2.75, 3.05) is 13.1 Å². The third-order valence-corrected chi connectivity index (χ3v) is 5.84. The molecule has 1 aliphatic heterocycles. The summed E-state index contributed by atoms with van der Waals surface area (Å²) < 4.78 is 11.6. The maximum Gasteiger partial charge on any atom is 0.407 e. The van der Waals surface area contributed by atoms with Gasteiger partial charge in [-0.05, 0) is 58.9 Å². The Balaban J connectivity index is 1.89. The second kappa shape index (κ2) is 11.9. The Morgan fingerprint density at radius 2 is 1.76 bits per heavy atom. The molecule has 0 bridgehead atoms. The molecule has 0 aliphatic carbocycles. The number of aromatic nitrogens is 1. The molecule has 1 unspecified atom stereocenters. The monoisotopic (exact) mass is 525 g/mol. The number of ether oxygens (including phenoxy) is 2. The van der Waals surface area contributed by atoms with E-state index in [0.29, 0.717) is 12.1 Å².